The summed E-state index contributed by atoms with van der Waals surface area (Å²) in [6, 6.07) is 14.2. The van der Waals surface area contributed by atoms with Gasteiger partial charge in [0.25, 0.3) is 5.91 Å². The molecule has 11 heteroatoms. The Morgan fingerprint density at radius 1 is 1.07 bits per heavy atom. The first-order chi connectivity index (χ1) is 21.1. The minimum Gasteiger partial charge on any atom is -0.350 e. The van der Waals surface area contributed by atoms with Crippen molar-refractivity contribution in [2.75, 3.05) is 13.1 Å². The van der Waals surface area contributed by atoms with E-state index in [0.717, 1.165) is 22.0 Å². The monoisotopic (exact) mass is 617 g/mol. The highest BCUT2D eigenvalue weighted by molar-refractivity contribution is 6.31. The molecule has 0 fully saturated rings. The molecule has 3 amide bonds. The number of halogens is 1. The highest BCUT2D eigenvalue weighted by atomic mass is 35.5. The Morgan fingerprint density at radius 2 is 1.84 bits per heavy atom. The fourth-order valence-corrected chi connectivity index (χ4v) is 5.96. The lowest BCUT2D eigenvalue weighted by molar-refractivity contribution is -0.130. The van der Waals surface area contributed by atoms with Crippen molar-refractivity contribution in [2.45, 2.75) is 72.0 Å². The molecule has 0 unspecified atom stereocenters. The molecule has 0 aliphatic carbocycles. The summed E-state index contributed by atoms with van der Waals surface area (Å²) in [4.78, 5) is 50.6. The summed E-state index contributed by atoms with van der Waals surface area (Å²) in [5, 5.41) is 12.3. The highest BCUT2D eigenvalue weighted by Crippen LogP contribution is 2.26. The van der Waals surface area contributed by atoms with E-state index >= 15 is 0 Å². The van der Waals surface area contributed by atoms with Crippen molar-refractivity contribution in [1.29, 1.82) is 0 Å². The fourth-order valence-electron chi connectivity index (χ4n) is 5.79. The molecule has 3 heterocycles. The second-order valence-corrected chi connectivity index (χ2v) is 12.1. The Kier molecular flexibility index (Phi) is 9.68. The number of hydrogen-bond acceptors (Lipinski definition) is 5. The predicted octanol–water partition coefficient (Wildman–Crippen LogP) is 4.90. The number of rotatable bonds is 5. The summed E-state index contributed by atoms with van der Waals surface area (Å²) in [5.74, 6) is 0.473. The first-order valence-corrected chi connectivity index (χ1v) is 15.6. The molecule has 0 saturated heterocycles. The molecular formula is C33H40ClN7O3. The number of benzene rings is 2. The van der Waals surface area contributed by atoms with Crippen LogP contribution in [0.2, 0.25) is 5.02 Å². The summed E-state index contributed by atoms with van der Waals surface area (Å²) in [7, 11) is 0. The zero-order chi connectivity index (χ0) is 31.4. The van der Waals surface area contributed by atoms with Crippen LogP contribution in [0.15, 0.2) is 48.5 Å². The van der Waals surface area contributed by atoms with E-state index in [9.17, 15) is 14.4 Å². The Balaban J connectivity index is 1.51. The number of fused-ring (bicyclic) bond motifs is 2. The van der Waals surface area contributed by atoms with Crippen LogP contribution in [0.5, 0.6) is 0 Å². The van der Waals surface area contributed by atoms with E-state index in [1.54, 1.807) is 15.6 Å². The number of nitrogens with zero attached hydrogens (tertiary/aromatic N) is 4. The second kappa shape index (κ2) is 13.6. The van der Waals surface area contributed by atoms with Crippen LogP contribution in [0, 0.1) is 19.8 Å². The van der Waals surface area contributed by atoms with Crippen molar-refractivity contribution >= 4 is 40.2 Å². The fraction of sp³-hybridized carbons (Fsp3) is 0.424. The largest absolute Gasteiger partial charge is 0.350 e. The van der Waals surface area contributed by atoms with E-state index in [1.807, 2.05) is 70.2 Å². The summed E-state index contributed by atoms with van der Waals surface area (Å²) >= 11 is 6.24. The van der Waals surface area contributed by atoms with Gasteiger partial charge < -0.3 is 20.5 Å². The number of aryl methyl sites for hydroxylation is 2. The van der Waals surface area contributed by atoms with Gasteiger partial charge in [-0.1, -0.05) is 62.2 Å². The topological polar surface area (TPSA) is 125 Å². The number of hydrogen-bond donors (Lipinski definition) is 3. The Hall–Kier alpha value is -4.18. The van der Waals surface area contributed by atoms with Gasteiger partial charge in [0.2, 0.25) is 11.8 Å². The third-order valence-corrected chi connectivity index (χ3v) is 8.70. The van der Waals surface area contributed by atoms with Gasteiger partial charge in [0.05, 0.1) is 12.6 Å². The maximum atomic E-state index is 14.0. The van der Waals surface area contributed by atoms with Crippen molar-refractivity contribution in [3.63, 3.8) is 0 Å². The lowest BCUT2D eigenvalue weighted by Gasteiger charge is -2.28. The molecule has 44 heavy (non-hydrogen) atoms. The van der Waals surface area contributed by atoms with Crippen LogP contribution in [-0.2, 0) is 22.6 Å². The van der Waals surface area contributed by atoms with Crippen LogP contribution in [-0.4, -0.2) is 61.5 Å². The molecule has 0 bridgehead atoms. The maximum absolute atomic E-state index is 14.0. The molecule has 1 aliphatic rings. The number of aromatic nitrogens is 4. The molecule has 2 aromatic heterocycles. The van der Waals surface area contributed by atoms with Crippen LogP contribution in [0.1, 0.15) is 72.4 Å². The molecule has 4 aromatic rings. The number of amides is 3. The number of carbonyl (C=O) groups excluding carboxylic acids is 3. The standard InChI is InChI=1S/C33H40ClN7O3/c1-5-20(2)29-32(43)37-27(18-23-10-7-6-8-11-23)31-35-22(4)39-41(31)17-16-40(15-9-12-28(42)38-29)33(44)30-21(3)25-19-24(34)13-14-26(25)36-30/h6-8,10-11,13-14,19-20,27,29,36H,5,9,12,15-18H2,1-4H3,(H,37,43)(H,38,42)/t20-,27-,29-/m0/s1. The molecule has 0 saturated carbocycles. The van der Waals surface area contributed by atoms with Gasteiger partial charge in [-0.15, -0.1) is 0 Å². The van der Waals surface area contributed by atoms with Gasteiger partial charge in [0.1, 0.15) is 23.4 Å². The van der Waals surface area contributed by atoms with Gasteiger partial charge >= 0.3 is 0 Å². The number of nitrogens with one attached hydrogen (secondary N) is 3. The third kappa shape index (κ3) is 6.96. The van der Waals surface area contributed by atoms with E-state index in [4.69, 9.17) is 16.6 Å². The van der Waals surface area contributed by atoms with Crippen molar-refractivity contribution in [2.24, 2.45) is 5.92 Å². The lowest BCUT2D eigenvalue weighted by atomic mass is 9.97. The third-order valence-electron chi connectivity index (χ3n) is 8.46. The molecule has 5 rings (SSSR count). The van der Waals surface area contributed by atoms with Crippen molar-refractivity contribution in [3.05, 3.63) is 82.0 Å². The number of carbonyl (C=O) groups is 3. The first kappa shape index (κ1) is 31.3. The van der Waals surface area contributed by atoms with Gasteiger partial charge in [-0.25, -0.2) is 9.67 Å². The van der Waals surface area contributed by atoms with Crippen LogP contribution in [0.4, 0.5) is 0 Å². The van der Waals surface area contributed by atoms with Gasteiger partial charge in [-0.3, -0.25) is 14.4 Å². The van der Waals surface area contributed by atoms with Gasteiger partial charge in [-0.05, 0) is 61.9 Å². The minimum absolute atomic E-state index is 0.0830. The van der Waals surface area contributed by atoms with Crippen molar-refractivity contribution in [1.82, 2.24) is 35.3 Å². The van der Waals surface area contributed by atoms with E-state index < -0.39 is 12.1 Å². The summed E-state index contributed by atoms with van der Waals surface area (Å²) in [5.41, 5.74) is 3.18. The molecule has 10 nitrogen and oxygen atoms in total. The molecular weight excluding hydrogens is 578 g/mol. The quantitative estimate of drug-likeness (QED) is 0.294. The summed E-state index contributed by atoms with van der Waals surface area (Å²) in [6.45, 7) is 8.76. The van der Waals surface area contributed by atoms with E-state index in [2.05, 4.69) is 20.7 Å². The van der Waals surface area contributed by atoms with E-state index in [0.29, 0.717) is 61.3 Å². The van der Waals surface area contributed by atoms with Crippen LogP contribution >= 0.6 is 11.6 Å². The Morgan fingerprint density at radius 3 is 2.59 bits per heavy atom. The van der Waals surface area contributed by atoms with Crippen molar-refractivity contribution in [3.8, 4) is 0 Å². The molecule has 0 radical (unpaired) electrons. The average molecular weight is 618 g/mol. The summed E-state index contributed by atoms with van der Waals surface area (Å²) < 4.78 is 1.80. The Bertz CT molecular complexity index is 1650. The normalized spacial score (nSPS) is 19.2. The highest BCUT2D eigenvalue weighted by Gasteiger charge is 2.31. The Labute approximate surface area is 262 Å². The predicted molar refractivity (Wildman–Crippen MR) is 170 cm³/mol. The van der Waals surface area contributed by atoms with Gasteiger partial charge in [0.15, 0.2) is 0 Å². The maximum Gasteiger partial charge on any atom is 0.270 e. The molecule has 0 spiro atoms. The SMILES string of the molecule is CC[C@H](C)[C@@H]1NC(=O)CCCN(C(=O)c2[nH]c3ccc(Cl)cc3c2C)CCn2nc(C)nc2[C@H](Cc2ccccc2)NC1=O. The zero-order valence-electron chi connectivity index (χ0n) is 25.7. The van der Waals surface area contributed by atoms with Gasteiger partial charge in [0, 0.05) is 35.4 Å². The zero-order valence-corrected chi connectivity index (χ0v) is 26.4. The van der Waals surface area contributed by atoms with Gasteiger partial charge in [-0.2, -0.15) is 5.10 Å². The molecule has 232 valence electrons. The molecule has 3 N–H and O–H groups in total. The minimum atomic E-state index is -0.704. The van der Waals surface area contributed by atoms with E-state index in [1.165, 1.54) is 0 Å². The number of H-pyrrole nitrogens is 1. The molecule has 2 aromatic carbocycles. The number of aromatic amines is 1. The average Bonchev–Trinajstić information content (AvgIpc) is 3.55. The first-order valence-electron chi connectivity index (χ1n) is 15.3. The van der Waals surface area contributed by atoms with Crippen LogP contribution in [0.25, 0.3) is 10.9 Å². The van der Waals surface area contributed by atoms with Crippen molar-refractivity contribution < 1.29 is 14.4 Å². The lowest BCUT2D eigenvalue weighted by Crippen LogP contribution is -2.51. The van der Waals surface area contributed by atoms with E-state index in [-0.39, 0.29) is 30.1 Å². The second-order valence-electron chi connectivity index (χ2n) is 11.6. The molecule has 1 aliphatic heterocycles. The summed E-state index contributed by atoms with van der Waals surface area (Å²) in [6.07, 6.45) is 1.84. The smallest absolute Gasteiger partial charge is 0.270 e. The van der Waals surface area contributed by atoms with Crippen LogP contribution in [0.3, 0.4) is 0 Å². The van der Waals surface area contributed by atoms with Crippen LogP contribution < -0.4 is 10.6 Å². The molecule has 3 atom stereocenters.